The van der Waals surface area contributed by atoms with E-state index in [1.54, 1.807) is 13.2 Å². The van der Waals surface area contributed by atoms with Gasteiger partial charge in [-0.2, -0.15) is 0 Å². The van der Waals surface area contributed by atoms with E-state index in [4.69, 9.17) is 9.47 Å². The fourth-order valence-corrected chi connectivity index (χ4v) is 2.58. The summed E-state index contributed by atoms with van der Waals surface area (Å²) in [5.41, 5.74) is 0.850. The van der Waals surface area contributed by atoms with Crippen LogP contribution < -0.4 is 10.1 Å². The second-order valence-electron chi connectivity index (χ2n) is 5.38. The van der Waals surface area contributed by atoms with Crippen LogP contribution in [0.2, 0.25) is 0 Å². The fourth-order valence-electron chi connectivity index (χ4n) is 2.58. The van der Waals surface area contributed by atoms with Crippen LogP contribution >= 0.6 is 0 Å². The van der Waals surface area contributed by atoms with E-state index in [-0.39, 0.29) is 23.9 Å². The molecule has 1 aromatic rings. The predicted molar refractivity (Wildman–Crippen MR) is 79.7 cm³/mol. The summed E-state index contributed by atoms with van der Waals surface area (Å²) < 4.78 is 11.3. The summed E-state index contributed by atoms with van der Waals surface area (Å²) in [6.45, 7) is 4.86. The van der Waals surface area contributed by atoms with Gasteiger partial charge in [0.2, 0.25) is 0 Å². The monoisotopic (exact) mass is 294 g/mol. The zero-order valence-electron chi connectivity index (χ0n) is 12.7. The summed E-state index contributed by atoms with van der Waals surface area (Å²) in [6, 6.07) is 5.26. The third-order valence-corrected chi connectivity index (χ3v) is 3.77. The first-order valence-corrected chi connectivity index (χ1v) is 7.24. The molecule has 0 radical (unpaired) electrons. The Morgan fingerprint density at radius 3 is 2.86 bits per heavy atom. The minimum absolute atomic E-state index is 0.00909. The molecule has 116 valence electrons. The van der Waals surface area contributed by atoms with E-state index in [1.165, 1.54) is 6.07 Å². The Bertz CT molecular complexity index is 506. The Morgan fingerprint density at radius 2 is 2.24 bits per heavy atom. The number of nitro benzene ring substituents is 1. The molecule has 0 aliphatic heterocycles. The van der Waals surface area contributed by atoms with Crippen LogP contribution in [-0.2, 0) is 4.74 Å². The zero-order chi connectivity index (χ0) is 15.4. The van der Waals surface area contributed by atoms with E-state index in [1.807, 2.05) is 13.0 Å². The van der Waals surface area contributed by atoms with Crippen molar-refractivity contribution in [2.45, 2.75) is 44.9 Å². The Morgan fingerprint density at radius 1 is 1.48 bits per heavy atom. The first-order valence-electron chi connectivity index (χ1n) is 7.24. The van der Waals surface area contributed by atoms with Gasteiger partial charge < -0.3 is 14.8 Å². The van der Waals surface area contributed by atoms with Crippen LogP contribution in [0.5, 0.6) is 5.75 Å². The maximum Gasteiger partial charge on any atom is 0.311 e. The van der Waals surface area contributed by atoms with E-state index < -0.39 is 4.92 Å². The molecule has 6 nitrogen and oxygen atoms in total. The number of benzene rings is 1. The first-order chi connectivity index (χ1) is 10.1. The van der Waals surface area contributed by atoms with Crippen LogP contribution in [0.3, 0.4) is 0 Å². The molecule has 1 N–H and O–H groups in total. The largest absolute Gasteiger partial charge is 0.481 e. The lowest BCUT2D eigenvalue weighted by atomic mass is 9.85. The summed E-state index contributed by atoms with van der Waals surface area (Å²) in [5, 5.41) is 14.5. The van der Waals surface area contributed by atoms with E-state index in [9.17, 15) is 10.1 Å². The number of hydrogen-bond donors (Lipinski definition) is 1. The molecule has 0 bridgehead atoms. The number of methoxy groups -OCH3 is 1. The second kappa shape index (κ2) is 6.87. The van der Waals surface area contributed by atoms with Crippen LogP contribution in [0.15, 0.2) is 18.2 Å². The zero-order valence-corrected chi connectivity index (χ0v) is 12.7. The SMILES string of the molecule is CCCNC1CC(Oc2ccc(C)cc2[N+](=O)[O-])C1OC. The maximum atomic E-state index is 11.1. The standard InChI is InChI=1S/C15H22N2O4/c1-4-7-16-11-9-14(15(11)20-3)21-13-6-5-10(2)8-12(13)17(18)19/h5-6,8,11,14-16H,4,7,9H2,1-3H3. The Balaban J connectivity index is 2.04. The highest BCUT2D eigenvalue weighted by molar-refractivity contribution is 5.48. The summed E-state index contributed by atoms with van der Waals surface area (Å²) in [7, 11) is 1.64. The molecule has 0 saturated heterocycles. The number of ether oxygens (including phenoxy) is 2. The average molecular weight is 294 g/mol. The number of aryl methyl sites for hydroxylation is 1. The van der Waals surface area contributed by atoms with Gasteiger partial charge in [-0.05, 0) is 31.5 Å². The lowest BCUT2D eigenvalue weighted by Crippen LogP contribution is -2.61. The van der Waals surface area contributed by atoms with Crippen molar-refractivity contribution >= 4 is 5.69 Å². The summed E-state index contributed by atoms with van der Waals surface area (Å²) in [4.78, 5) is 10.7. The fraction of sp³-hybridized carbons (Fsp3) is 0.600. The molecular formula is C15H22N2O4. The van der Waals surface area contributed by atoms with Crippen molar-refractivity contribution in [3.63, 3.8) is 0 Å². The predicted octanol–water partition coefficient (Wildman–Crippen LogP) is 2.44. The van der Waals surface area contributed by atoms with Crippen molar-refractivity contribution in [1.29, 1.82) is 0 Å². The lowest BCUT2D eigenvalue weighted by Gasteiger charge is -2.43. The van der Waals surface area contributed by atoms with Gasteiger partial charge in [-0.1, -0.05) is 13.0 Å². The number of nitro groups is 1. The number of nitrogens with one attached hydrogen (secondary N) is 1. The molecular weight excluding hydrogens is 272 g/mol. The Labute approximate surface area is 124 Å². The number of rotatable bonds is 7. The molecule has 1 aliphatic carbocycles. The maximum absolute atomic E-state index is 11.1. The lowest BCUT2D eigenvalue weighted by molar-refractivity contribution is -0.386. The molecule has 6 heteroatoms. The van der Waals surface area contributed by atoms with Crippen LogP contribution in [0.4, 0.5) is 5.69 Å². The molecule has 0 aromatic heterocycles. The van der Waals surface area contributed by atoms with Gasteiger partial charge in [0.05, 0.1) is 4.92 Å². The second-order valence-corrected chi connectivity index (χ2v) is 5.38. The minimum Gasteiger partial charge on any atom is -0.481 e. The highest BCUT2D eigenvalue weighted by Crippen LogP contribution is 2.34. The first kappa shape index (κ1) is 15.7. The topological polar surface area (TPSA) is 73.6 Å². The average Bonchev–Trinajstić information content (AvgIpc) is 2.43. The molecule has 3 atom stereocenters. The molecule has 1 aromatic carbocycles. The van der Waals surface area contributed by atoms with Crippen LogP contribution in [0.1, 0.15) is 25.3 Å². The van der Waals surface area contributed by atoms with E-state index in [0.29, 0.717) is 5.75 Å². The molecule has 3 unspecified atom stereocenters. The molecule has 0 amide bonds. The van der Waals surface area contributed by atoms with Crippen molar-refractivity contribution in [3.05, 3.63) is 33.9 Å². The van der Waals surface area contributed by atoms with Gasteiger partial charge >= 0.3 is 5.69 Å². The summed E-state index contributed by atoms with van der Waals surface area (Å²) in [5.74, 6) is 0.312. The van der Waals surface area contributed by atoms with Gasteiger partial charge in [0, 0.05) is 25.6 Å². The molecule has 1 saturated carbocycles. The summed E-state index contributed by atoms with van der Waals surface area (Å²) in [6.07, 6.45) is 1.63. The van der Waals surface area contributed by atoms with Gasteiger partial charge in [-0.3, -0.25) is 10.1 Å². The molecule has 21 heavy (non-hydrogen) atoms. The van der Waals surface area contributed by atoms with E-state index in [2.05, 4.69) is 12.2 Å². The highest BCUT2D eigenvalue weighted by atomic mass is 16.6. The third-order valence-electron chi connectivity index (χ3n) is 3.77. The highest BCUT2D eigenvalue weighted by Gasteiger charge is 2.43. The van der Waals surface area contributed by atoms with E-state index in [0.717, 1.165) is 24.9 Å². The number of nitrogens with zero attached hydrogens (tertiary/aromatic N) is 1. The van der Waals surface area contributed by atoms with Gasteiger partial charge in [-0.15, -0.1) is 0 Å². The van der Waals surface area contributed by atoms with E-state index >= 15 is 0 Å². The smallest absolute Gasteiger partial charge is 0.311 e. The minimum atomic E-state index is -0.407. The van der Waals surface area contributed by atoms with Gasteiger partial charge in [0.1, 0.15) is 12.2 Å². The molecule has 0 heterocycles. The van der Waals surface area contributed by atoms with Crippen molar-refractivity contribution < 1.29 is 14.4 Å². The Kier molecular flexibility index (Phi) is 5.14. The van der Waals surface area contributed by atoms with Crippen molar-refractivity contribution in [1.82, 2.24) is 5.32 Å². The third kappa shape index (κ3) is 3.51. The van der Waals surface area contributed by atoms with Crippen molar-refractivity contribution in [2.24, 2.45) is 0 Å². The van der Waals surface area contributed by atoms with Crippen LogP contribution in [0, 0.1) is 17.0 Å². The van der Waals surface area contributed by atoms with Gasteiger partial charge in [0.15, 0.2) is 5.75 Å². The summed E-state index contributed by atoms with van der Waals surface area (Å²) >= 11 is 0. The van der Waals surface area contributed by atoms with Gasteiger partial charge in [-0.25, -0.2) is 0 Å². The van der Waals surface area contributed by atoms with Gasteiger partial charge in [0.25, 0.3) is 0 Å². The van der Waals surface area contributed by atoms with Crippen molar-refractivity contribution in [3.8, 4) is 5.75 Å². The Hall–Kier alpha value is -1.66. The molecule has 1 fully saturated rings. The quantitative estimate of drug-likeness (QED) is 0.617. The van der Waals surface area contributed by atoms with Crippen molar-refractivity contribution in [2.75, 3.05) is 13.7 Å². The molecule has 0 spiro atoms. The normalized spacial score (nSPS) is 24.4. The number of hydrogen-bond acceptors (Lipinski definition) is 5. The molecule has 2 rings (SSSR count). The molecule has 1 aliphatic rings. The van der Waals surface area contributed by atoms with Crippen LogP contribution in [-0.4, -0.2) is 36.8 Å². The van der Waals surface area contributed by atoms with Crippen LogP contribution in [0.25, 0.3) is 0 Å².